The summed E-state index contributed by atoms with van der Waals surface area (Å²) >= 11 is 0. The number of hydrogen-bond donors (Lipinski definition) is 0. The summed E-state index contributed by atoms with van der Waals surface area (Å²) in [7, 11) is 0. The number of amides is 1. The molecule has 6 nitrogen and oxygen atoms in total. The first-order chi connectivity index (χ1) is 13.3. The standard InChI is InChI=1S/C22H29NO5/c1-5-26-20(24)18-14-27-19-7-6-16(13-17(18)19)12-15-8-10-23(11-9-15)21(25)28-22(2,3)4/h6-7,13-15H,5,8-12H2,1-4H3. The van der Waals surface area contributed by atoms with E-state index in [1.54, 1.807) is 11.8 Å². The van der Waals surface area contributed by atoms with Gasteiger partial charge in [0.05, 0.1) is 6.61 Å². The van der Waals surface area contributed by atoms with Gasteiger partial charge in [-0.25, -0.2) is 9.59 Å². The third-order valence-electron chi connectivity index (χ3n) is 4.92. The second-order valence-electron chi connectivity index (χ2n) is 8.32. The summed E-state index contributed by atoms with van der Waals surface area (Å²) < 4.78 is 16.0. The second-order valence-corrected chi connectivity index (χ2v) is 8.32. The molecule has 1 aliphatic rings. The van der Waals surface area contributed by atoms with Crippen LogP contribution in [-0.2, 0) is 15.9 Å². The van der Waals surface area contributed by atoms with E-state index in [2.05, 4.69) is 0 Å². The van der Waals surface area contributed by atoms with Crippen LogP contribution >= 0.6 is 0 Å². The molecule has 1 aromatic heterocycles. The molecule has 1 fully saturated rings. The zero-order chi connectivity index (χ0) is 20.3. The van der Waals surface area contributed by atoms with Gasteiger partial charge in [0.25, 0.3) is 0 Å². The fourth-order valence-electron chi connectivity index (χ4n) is 3.55. The number of carbonyl (C=O) groups excluding carboxylic acids is 2. The van der Waals surface area contributed by atoms with E-state index in [0.717, 1.165) is 30.2 Å². The van der Waals surface area contributed by atoms with Gasteiger partial charge in [0.2, 0.25) is 0 Å². The van der Waals surface area contributed by atoms with Crippen molar-refractivity contribution in [3.63, 3.8) is 0 Å². The SMILES string of the molecule is CCOC(=O)c1coc2ccc(CC3CCN(C(=O)OC(C)(C)C)CC3)cc12. The van der Waals surface area contributed by atoms with E-state index < -0.39 is 5.60 Å². The molecule has 0 N–H and O–H groups in total. The van der Waals surface area contributed by atoms with Crippen molar-refractivity contribution >= 4 is 23.0 Å². The maximum atomic E-state index is 12.2. The molecule has 0 radical (unpaired) electrons. The lowest BCUT2D eigenvalue weighted by molar-refractivity contribution is 0.0184. The third kappa shape index (κ3) is 4.86. The van der Waals surface area contributed by atoms with Crippen molar-refractivity contribution in [3.05, 3.63) is 35.6 Å². The van der Waals surface area contributed by atoms with Crippen molar-refractivity contribution in [1.29, 1.82) is 0 Å². The lowest BCUT2D eigenvalue weighted by Gasteiger charge is -2.33. The number of benzene rings is 1. The molecule has 3 rings (SSSR count). The summed E-state index contributed by atoms with van der Waals surface area (Å²) in [5, 5.41) is 0.794. The minimum absolute atomic E-state index is 0.232. The van der Waals surface area contributed by atoms with Gasteiger partial charge in [-0.15, -0.1) is 0 Å². The van der Waals surface area contributed by atoms with Crippen molar-refractivity contribution in [3.8, 4) is 0 Å². The largest absolute Gasteiger partial charge is 0.463 e. The smallest absolute Gasteiger partial charge is 0.410 e. The molecule has 2 heterocycles. The number of likely N-dealkylation sites (tertiary alicyclic amines) is 1. The second kappa shape index (κ2) is 8.25. The molecule has 0 bridgehead atoms. The van der Waals surface area contributed by atoms with E-state index in [9.17, 15) is 9.59 Å². The van der Waals surface area contributed by atoms with E-state index in [4.69, 9.17) is 13.9 Å². The predicted molar refractivity (Wildman–Crippen MR) is 106 cm³/mol. The maximum Gasteiger partial charge on any atom is 0.410 e. The highest BCUT2D eigenvalue weighted by molar-refractivity contribution is 6.03. The Labute approximate surface area is 165 Å². The summed E-state index contributed by atoms with van der Waals surface area (Å²) in [4.78, 5) is 26.1. The number of furan rings is 1. The number of hydrogen-bond acceptors (Lipinski definition) is 5. The number of esters is 1. The molecule has 28 heavy (non-hydrogen) atoms. The van der Waals surface area contributed by atoms with Crippen LogP contribution in [0.25, 0.3) is 11.0 Å². The molecule has 0 spiro atoms. The summed E-state index contributed by atoms with van der Waals surface area (Å²) in [5.74, 6) is 0.137. The van der Waals surface area contributed by atoms with Crippen LogP contribution in [0.1, 0.15) is 56.5 Å². The van der Waals surface area contributed by atoms with Gasteiger partial charge >= 0.3 is 12.1 Å². The Kier molecular flexibility index (Phi) is 5.96. The van der Waals surface area contributed by atoms with E-state index in [0.29, 0.717) is 36.8 Å². The minimum Gasteiger partial charge on any atom is -0.463 e. The summed E-state index contributed by atoms with van der Waals surface area (Å²) in [6.45, 7) is 9.19. The Morgan fingerprint density at radius 3 is 2.57 bits per heavy atom. The molecule has 0 atom stereocenters. The molecule has 6 heteroatoms. The van der Waals surface area contributed by atoms with Gasteiger partial charge in [0.1, 0.15) is 23.0 Å². The summed E-state index contributed by atoms with van der Waals surface area (Å²) in [6.07, 6.45) is 4.02. The Bertz CT molecular complexity index is 840. The number of ether oxygens (including phenoxy) is 2. The molecule has 152 valence electrons. The van der Waals surface area contributed by atoms with Gasteiger partial charge in [-0.05, 0) is 70.6 Å². The topological polar surface area (TPSA) is 69.0 Å². The van der Waals surface area contributed by atoms with Crippen molar-refractivity contribution in [2.75, 3.05) is 19.7 Å². The van der Waals surface area contributed by atoms with Crippen molar-refractivity contribution in [2.45, 2.75) is 52.6 Å². The quantitative estimate of drug-likeness (QED) is 0.705. The highest BCUT2D eigenvalue weighted by Gasteiger charge is 2.27. The minimum atomic E-state index is -0.468. The van der Waals surface area contributed by atoms with Crippen LogP contribution in [-0.4, -0.2) is 42.3 Å². The molecule has 1 aromatic carbocycles. The van der Waals surface area contributed by atoms with Gasteiger partial charge in [-0.2, -0.15) is 0 Å². The fraction of sp³-hybridized carbons (Fsp3) is 0.545. The van der Waals surface area contributed by atoms with Crippen molar-refractivity contribution in [1.82, 2.24) is 4.90 Å². The Hall–Kier alpha value is -2.50. The molecule has 0 aliphatic carbocycles. The van der Waals surface area contributed by atoms with Gasteiger partial charge in [-0.1, -0.05) is 6.07 Å². The highest BCUT2D eigenvalue weighted by atomic mass is 16.6. The molecular weight excluding hydrogens is 358 g/mol. The maximum absolute atomic E-state index is 12.2. The zero-order valence-electron chi connectivity index (χ0n) is 17.1. The molecule has 1 amide bonds. The number of carbonyl (C=O) groups is 2. The van der Waals surface area contributed by atoms with Gasteiger partial charge < -0.3 is 18.8 Å². The number of piperidine rings is 1. The molecule has 0 unspecified atom stereocenters. The normalized spacial score (nSPS) is 15.6. The first kappa shape index (κ1) is 20.2. The van der Waals surface area contributed by atoms with E-state index in [1.807, 2.05) is 39.0 Å². The predicted octanol–water partition coefficient (Wildman–Crippen LogP) is 4.80. The number of rotatable bonds is 4. The molecule has 2 aromatic rings. The van der Waals surface area contributed by atoms with E-state index >= 15 is 0 Å². The van der Waals surface area contributed by atoms with Crippen LogP contribution in [0.2, 0.25) is 0 Å². The summed E-state index contributed by atoms with van der Waals surface area (Å²) in [6, 6.07) is 5.97. The Morgan fingerprint density at radius 2 is 1.93 bits per heavy atom. The number of nitrogens with zero attached hydrogens (tertiary/aromatic N) is 1. The summed E-state index contributed by atoms with van der Waals surface area (Å²) in [5.41, 5.74) is 1.85. The van der Waals surface area contributed by atoms with E-state index in [-0.39, 0.29) is 12.1 Å². The molecule has 0 saturated carbocycles. The van der Waals surface area contributed by atoms with Crippen LogP contribution in [0.5, 0.6) is 0 Å². The van der Waals surface area contributed by atoms with Crippen LogP contribution in [0, 0.1) is 5.92 Å². The Balaban J connectivity index is 1.62. The average molecular weight is 387 g/mol. The van der Waals surface area contributed by atoms with Crippen LogP contribution < -0.4 is 0 Å². The lowest BCUT2D eigenvalue weighted by Crippen LogP contribution is -2.42. The monoisotopic (exact) mass is 387 g/mol. The Morgan fingerprint density at radius 1 is 1.21 bits per heavy atom. The van der Waals surface area contributed by atoms with Gasteiger partial charge in [0, 0.05) is 18.5 Å². The van der Waals surface area contributed by atoms with Crippen LogP contribution in [0.3, 0.4) is 0 Å². The van der Waals surface area contributed by atoms with Crippen LogP contribution in [0.4, 0.5) is 4.79 Å². The fourth-order valence-corrected chi connectivity index (χ4v) is 3.55. The van der Waals surface area contributed by atoms with E-state index in [1.165, 1.54) is 6.26 Å². The van der Waals surface area contributed by atoms with Crippen molar-refractivity contribution < 1.29 is 23.5 Å². The zero-order valence-corrected chi connectivity index (χ0v) is 17.1. The first-order valence-electron chi connectivity index (χ1n) is 9.92. The van der Waals surface area contributed by atoms with Crippen molar-refractivity contribution in [2.24, 2.45) is 5.92 Å². The van der Waals surface area contributed by atoms with Gasteiger partial charge in [0.15, 0.2) is 0 Å². The first-order valence-corrected chi connectivity index (χ1v) is 9.92. The van der Waals surface area contributed by atoms with Crippen LogP contribution in [0.15, 0.2) is 28.9 Å². The average Bonchev–Trinajstić information content (AvgIpc) is 3.04. The molecule has 1 aliphatic heterocycles. The van der Waals surface area contributed by atoms with Gasteiger partial charge in [-0.3, -0.25) is 0 Å². The number of fused-ring (bicyclic) bond motifs is 1. The lowest BCUT2D eigenvalue weighted by atomic mass is 9.90. The highest BCUT2D eigenvalue weighted by Crippen LogP contribution is 2.27. The molecular formula is C22H29NO5. The third-order valence-corrected chi connectivity index (χ3v) is 4.92. The molecule has 1 saturated heterocycles.